The highest BCUT2D eigenvalue weighted by Gasteiger charge is 2.07. The van der Waals surface area contributed by atoms with E-state index in [-0.39, 0.29) is 5.91 Å². The molecule has 1 aromatic rings. The molecule has 1 aliphatic carbocycles. The van der Waals surface area contributed by atoms with Crippen LogP contribution in [0.1, 0.15) is 37.7 Å². The second-order valence-corrected chi connectivity index (χ2v) is 6.00. The molecule has 0 bridgehead atoms. The van der Waals surface area contributed by atoms with Gasteiger partial charge in [0.2, 0.25) is 5.91 Å². The normalized spacial score (nSPS) is 14.0. The van der Waals surface area contributed by atoms with Crippen molar-refractivity contribution < 1.29 is 14.3 Å². The Kier molecular flexibility index (Phi) is 7.62. The molecule has 0 atom stereocenters. The topological polar surface area (TPSA) is 59.6 Å². The number of allylic oxidation sites excluding steroid dienone is 1. The Morgan fingerprint density at radius 2 is 2.00 bits per heavy atom. The van der Waals surface area contributed by atoms with E-state index in [0.717, 1.165) is 18.5 Å². The number of nitrogens with one attached hydrogen (secondary N) is 2. The number of amides is 1. The van der Waals surface area contributed by atoms with Crippen molar-refractivity contribution in [3.05, 3.63) is 35.4 Å². The van der Waals surface area contributed by atoms with Crippen LogP contribution in [0.2, 0.25) is 0 Å². The van der Waals surface area contributed by atoms with E-state index >= 15 is 0 Å². The molecule has 0 saturated carbocycles. The van der Waals surface area contributed by atoms with Crippen LogP contribution in [0.3, 0.4) is 0 Å². The zero-order chi connectivity index (χ0) is 17.2. The van der Waals surface area contributed by atoms with Gasteiger partial charge in [-0.15, -0.1) is 0 Å². The van der Waals surface area contributed by atoms with Crippen LogP contribution in [0.25, 0.3) is 0 Å². The standard InChI is InChI=1S/C19H28N2O3/c1-23-17-9-8-16(12-18(17)24-2)13-21-19(22)14-20-11-10-15-6-4-3-5-7-15/h6,8-9,12,20H,3-5,7,10-11,13-14H2,1-2H3,(H,21,22). The van der Waals surface area contributed by atoms with E-state index in [1.54, 1.807) is 14.2 Å². The molecular formula is C19H28N2O3. The zero-order valence-corrected chi connectivity index (χ0v) is 14.7. The minimum atomic E-state index is 0.00223. The second kappa shape index (κ2) is 9.98. The van der Waals surface area contributed by atoms with Gasteiger partial charge in [-0.25, -0.2) is 0 Å². The SMILES string of the molecule is COc1ccc(CNC(=O)CNCCC2=CCCCC2)cc1OC. The summed E-state index contributed by atoms with van der Waals surface area (Å²) in [7, 11) is 3.21. The molecule has 5 nitrogen and oxygen atoms in total. The Morgan fingerprint density at radius 3 is 2.71 bits per heavy atom. The highest BCUT2D eigenvalue weighted by atomic mass is 16.5. The van der Waals surface area contributed by atoms with E-state index in [1.165, 1.54) is 31.3 Å². The molecule has 1 aromatic carbocycles. The minimum absolute atomic E-state index is 0.00223. The van der Waals surface area contributed by atoms with Crippen LogP contribution in [0.4, 0.5) is 0 Å². The van der Waals surface area contributed by atoms with Crippen molar-refractivity contribution >= 4 is 5.91 Å². The molecule has 0 aliphatic heterocycles. The van der Waals surface area contributed by atoms with Crippen molar-refractivity contribution in [2.75, 3.05) is 27.3 Å². The number of rotatable bonds is 9. The van der Waals surface area contributed by atoms with E-state index < -0.39 is 0 Å². The summed E-state index contributed by atoms with van der Waals surface area (Å²) in [5, 5.41) is 6.13. The van der Waals surface area contributed by atoms with Crippen molar-refractivity contribution in [2.24, 2.45) is 0 Å². The molecule has 132 valence electrons. The van der Waals surface area contributed by atoms with E-state index in [9.17, 15) is 4.79 Å². The van der Waals surface area contributed by atoms with Gasteiger partial charge in [0.1, 0.15) is 0 Å². The van der Waals surface area contributed by atoms with Crippen molar-refractivity contribution in [1.29, 1.82) is 0 Å². The molecule has 0 spiro atoms. The molecule has 1 amide bonds. The fourth-order valence-electron chi connectivity index (χ4n) is 2.84. The molecule has 0 radical (unpaired) electrons. The van der Waals surface area contributed by atoms with Gasteiger partial charge in [0.05, 0.1) is 20.8 Å². The number of hydrogen-bond donors (Lipinski definition) is 2. The summed E-state index contributed by atoms with van der Waals surface area (Å²) in [6.45, 7) is 1.68. The van der Waals surface area contributed by atoms with Gasteiger partial charge >= 0.3 is 0 Å². The van der Waals surface area contributed by atoms with Crippen LogP contribution in [-0.4, -0.2) is 33.2 Å². The van der Waals surface area contributed by atoms with Gasteiger partial charge in [0, 0.05) is 6.54 Å². The average molecular weight is 332 g/mol. The second-order valence-electron chi connectivity index (χ2n) is 6.00. The number of methoxy groups -OCH3 is 2. The number of hydrogen-bond acceptors (Lipinski definition) is 4. The van der Waals surface area contributed by atoms with Crippen LogP contribution < -0.4 is 20.1 Å². The molecule has 0 aromatic heterocycles. The summed E-state index contributed by atoms with van der Waals surface area (Å²) in [4.78, 5) is 11.9. The fourth-order valence-corrected chi connectivity index (χ4v) is 2.84. The summed E-state index contributed by atoms with van der Waals surface area (Å²) < 4.78 is 10.5. The Hall–Kier alpha value is -2.01. The maximum absolute atomic E-state index is 11.9. The lowest BCUT2D eigenvalue weighted by molar-refractivity contribution is -0.120. The lowest BCUT2D eigenvalue weighted by Gasteiger charge is -2.13. The smallest absolute Gasteiger partial charge is 0.234 e. The van der Waals surface area contributed by atoms with Gasteiger partial charge < -0.3 is 20.1 Å². The first-order chi connectivity index (χ1) is 11.7. The average Bonchev–Trinajstić information content (AvgIpc) is 2.64. The van der Waals surface area contributed by atoms with Gasteiger partial charge in [0.25, 0.3) is 0 Å². The van der Waals surface area contributed by atoms with E-state index in [0.29, 0.717) is 24.6 Å². The third-order valence-electron chi connectivity index (χ3n) is 4.23. The predicted octanol–water partition coefficient (Wildman–Crippen LogP) is 2.80. The first-order valence-electron chi connectivity index (χ1n) is 8.59. The Labute approximate surface area is 144 Å². The number of carbonyl (C=O) groups excluding carboxylic acids is 1. The van der Waals surface area contributed by atoms with Crippen LogP contribution in [0.5, 0.6) is 11.5 Å². The summed E-state index contributed by atoms with van der Waals surface area (Å²) in [6.07, 6.45) is 8.44. The summed E-state index contributed by atoms with van der Waals surface area (Å²) >= 11 is 0. The molecule has 0 heterocycles. The van der Waals surface area contributed by atoms with Gasteiger partial charge in [-0.05, 0) is 56.3 Å². The van der Waals surface area contributed by atoms with Crippen molar-refractivity contribution in [3.63, 3.8) is 0 Å². The lowest BCUT2D eigenvalue weighted by Crippen LogP contribution is -2.34. The summed E-state index contributed by atoms with van der Waals surface area (Å²) in [5.41, 5.74) is 2.51. The molecule has 0 fully saturated rings. The highest BCUT2D eigenvalue weighted by molar-refractivity contribution is 5.78. The monoisotopic (exact) mass is 332 g/mol. The van der Waals surface area contributed by atoms with Crippen LogP contribution in [0.15, 0.2) is 29.8 Å². The van der Waals surface area contributed by atoms with E-state index in [4.69, 9.17) is 9.47 Å². The zero-order valence-electron chi connectivity index (χ0n) is 14.7. The Balaban J connectivity index is 1.66. The maximum atomic E-state index is 11.9. The highest BCUT2D eigenvalue weighted by Crippen LogP contribution is 2.27. The molecule has 5 heteroatoms. The van der Waals surface area contributed by atoms with Crippen molar-refractivity contribution in [3.8, 4) is 11.5 Å². The third kappa shape index (κ3) is 5.89. The molecular weight excluding hydrogens is 304 g/mol. The van der Waals surface area contributed by atoms with Crippen LogP contribution in [-0.2, 0) is 11.3 Å². The fraction of sp³-hybridized carbons (Fsp3) is 0.526. The quantitative estimate of drug-likeness (QED) is 0.539. The number of ether oxygens (including phenoxy) is 2. The first kappa shape index (κ1) is 18.3. The summed E-state index contributed by atoms with van der Waals surface area (Å²) in [5.74, 6) is 1.36. The van der Waals surface area contributed by atoms with Gasteiger partial charge in [-0.1, -0.05) is 17.7 Å². The maximum Gasteiger partial charge on any atom is 0.234 e. The molecule has 24 heavy (non-hydrogen) atoms. The Bertz CT molecular complexity index is 570. The predicted molar refractivity (Wildman–Crippen MR) is 95.4 cm³/mol. The number of benzene rings is 1. The van der Waals surface area contributed by atoms with Crippen molar-refractivity contribution in [2.45, 2.75) is 38.6 Å². The van der Waals surface area contributed by atoms with Crippen LogP contribution >= 0.6 is 0 Å². The first-order valence-corrected chi connectivity index (χ1v) is 8.59. The molecule has 0 saturated heterocycles. The largest absolute Gasteiger partial charge is 0.493 e. The minimum Gasteiger partial charge on any atom is -0.493 e. The van der Waals surface area contributed by atoms with E-state index in [1.807, 2.05) is 18.2 Å². The Morgan fingerprint density at radius 1 is 1.17 bits per heavy atom. The van der Waals surface area contributed by atoms with Gasteiger partial charge in [0.15, 0.2) is 11.5 Å². The molecule has 2 N–H and O–H groups in total. The molecule has 1 aliphatic rings. The number of carbonyl (C=O) groups is 1. The molecule has 2 rings (SSSR count). The molecule has 0 unspecified atom stereocenters. The lowest BCUT2D eigenvalue weighted by atomic mass is 9.97. The van der Waals surface area contributed by atoms with Crippen molar-refractivity contribution in [1.82, 2.24) is 10.6 Å². The van der Waals surface area contributed by atoms with Crippen LogP contribution in [0, 0.1) is 0 Å². The summed E-state index contributed by atoms with van der Waals surface area (Å²) in [6, 6.07) is 5.64. The van der Waals surface area contributed by atoms with Gasteiger partial charge in [-0.3, -0.25) is 4.79 Å². The van der Waals surface area contributed by atoms with E-state index in [2.05, 4.69) is 16.7 Å². The van der Waals surface area contributed by atoms with Gasteiger partial charge in [-0.2, -0.15) is 0 Å². The third-order valence-corrected chi connectivity index (χ3v) is 4.23.